The molecule has 1 aliphatic rings. The number of halogens is 1. The van der Waals surface area contributed by atoms with E-state index in [1.54, 1.807) is 29.6 Å². The Morgan fingerprint density at radius 1 is 1.43 bits per heavy atom. The summed E-state index contributed by atoms with van der Waals surface area (Å²) in [5.41, 5.74) is 0.757. The van der Waals surface area contributed by atoms with Crippen molar-refractivity contribution in [2.75, 3.05) is 12.3 Å². The van der Waals surface area contributed by atoms with Gasteiger partial charge in [0.2, 0.25) is 0 Å². The Kier molecular flexibility index (Phi) is 3.48. The van der Waals surface area contributed by atoms with Crippen molar-refractivity contribution in [3.8, 4) is 0 Å². The highest BCUT2D eigenvalue weighted by Gasteiger charge is 2.08. The van der Waals surface area contributed by atoms with Gasteiger partial charge >= 0.3 is 0 Å². The second-order valence-corrected chi connectivity index (χ2v) is 5.18. The molecule has 0 aromatic heterocycles. The van der Waals surface area contributed by atoms with Gasteiger partial charge in [0.1, 0.15) is 10.2 Å². The molecule has 0 fully saturated rings. The predicted molar refractivity (Wildman–Crippen MR) is 62.5 cm³/mol. The summed E-state index contributed by atoms with van der Waals surface area (Å²) >= 11 is 3.38. The van der Waals surface area contributed by atoms with Crippen LogP contribution in [0.5, 0.6) is 0 Å². The molecule has 4 heteroatoms. The predicted octanol–water partition coefficient (Wildman–Crippen LogP) is 3.16. The molecule has 74 valence electrons. The number of aliphatic imine (C=N–C) groups is 1. The third-order valence-electron chi connectivity index (χ3n) is 1.87. The lowest BCUT2D eigenvalue weighted by atomic mass is 10.2. The van der Waals surface area contributed by atoms with E-state index >= 15 is 0 Å². The SMILES string of the molecule is Fc1ccccc1CSC1=NCCS1. The Morgan fingerprint density at radius 3 is 3.00 bits per heavy atom. The van der Waals surface area contributed by atoms with Crippen LogP contribution in [0.2, 0.25) is 0 Å². The van der Waals surface area contributed by atoms with Gasteiger partial charge in [0.15, 0.2) is 0 Å². The van der Waals surface area contributed by atoms with Gasteiger partial charge in [0.25, 0.3) is 0 Å². The van der Waals surface area contributed by atoms with E-state index in [0.717, 1.165) is 22.2 Å². The molecule has 0 spiro atoms. The molecule has 0 amide bonds. The van der Waals surface area contributed by atoms with Crippen molar-refractivity contribution in [2.45, 2.75) is 5.75 Å². The van der Waals surface area contributed by atoms with Crippen molar-refractivity contribution in [3.05, 3.63) is 35.6 Å². The largest absolute Gasteiger partial charge is 0.271 e. The Balaban J connectivity index is 1.94. The summed E-state index contributed by atoms with van der Waals surface area (Å²) in [6, 6.07) is 6.90. The number of nitrogens with zero attached hydrogens (tertiary/aromatic N) is 1. The van der Waals surface area contributed by atoms with E-state index in [9.17, 15) is 4.39 Å². The van der Waals surface area contributed by atoms with Crippen molar-refractivity contribution in [3.63, 3.8) is 0 Å². The third kappa shape index (κ3) is 2.51. The summed E-state index contributed by atoms with van der Waals surface area (Å²) in [5.74, 6) is 1.63. The van der Waals surface area contributed by atoms with Crippen molar-refractivity contribution in [1.29, 1.82) is 0 Å². The van der Waals surface area contributed by atoms with Gasteiger partial charge in [0, 0.05) is 11.5 Å². The Hall–Kier alpha value is -0.480. The summed E-state index contributed by atoms with van der Waals surface area (Å²) in [6.07, 6.45) is 0. The van der Waals surface area contributed by atoms with E-state index < -0.39 is 0 Å². The molecule has 0 atom stereocenters. The second-order valence-electron chi connectivity index (χ2n) is 2.88. The Bertz CT molecular complexity index is 352. The highest BCUT2D eigenvalue weighted by molar-refractivity contribution is 8.38. The van der Waals surface area contributed by atoms with Crippen LogP contribution in [0.15, 0.2) is 29.3 Å². The standard InChI is InChI=1S/C10H10FNS2/c11-9-4-2-1-3-8(9)7-14-10-12-5-6-13-10/h1-4H,5-7H2. The lowest BCUT2D eigenvalue weighted by molar-refractivity contribution is 0.617. The van der Waals surface area contributed by atoms with E-state index in [1.165, 1.54) is 6.07 Å². The smallest absolute Gasteiger partial charge is 0.127 e. The lowest BCUT2D eigenvalue weighted by Crippen LogP contribution is -1.88. The number of rotatable bonds is 2. The van der Waals surface area contributed by atoms with Gasteiger partial charge in [-0.3, -0.25) is 4.99 Å². The average Bonchev–Trinajstić information content (AvgIpc) is 2.69. The first-order valence-electron chi connectivity index (χ1n) is 4.40. The Morgan fingerprint density at radius 2 is 2.29 bits per heavy atom. The zero-order chi connectivity index (χ0) is 9.80. The van der Waals surface area contributed by atoms with Crippen molar-refractivity contribution in [2.24, 2.45) is 4.99 Å². The minimum atomic E-state index is -0.122. The fraction of sp³-hybridized carbons (Fsp3) is 0.300. The van der Waals surface area contributed by atoms with E-state index in [-0.39, 0.29) is 5.82 Å². The zero-order valence-corrected chi connectivity index (χ0v) is 9.21. The van der Waals surface area contributed by atoms with Crippen LogP contribution in [0.3, 0.4) is 0 Å². The fourth-order valence-corrected chi connectivity index (χ4v) is 3.15. The van der Waals surface area contributed by atoms with Gasteiger partial charge in [-0.1, -0.05) is 41.7 Å². The molecule has 1 aliphatic heterocycles. The number of hydrogen-bond acceptors (Lipinski definition) is 3. The molecule has 0 N–H and O–H groups in total. The molecule has 0 saturated carbocycles. The van der Waals surface area contributed by atoms with Gasteiger partial charge in [-0.05, 0) is 11.6 Å². The van der Waals surface area contributed by atoms with E-state index in [1.807, 2.05) is 12.1 Å². The van der Waals surface area contributed by atoms with Crippen molar-refractivity contribution >= 4 is 27.9 Å². The molecule has 0 aliphatic carbocycles. The molecule has 0 radical (unpaired) electrons. The average molecular weight is 227 g/mol. The Labute approximate surface area is 91.2 Å². The van der Waals surface area contributed by atoms with E-state index in [4.69, 9.17) is 0 Å². The van der Waals surface area contributed by atoms with Crippen LogP contribution < -0.4 is 0 Å². The minimum Gasteiger partial charge on any atom is -0.271 e. The molecular weight excluding hydrogens is 217 g/mol. The van der Waals surface area contributed by atoms with Gasteiger partial charge in [-0.2, -0.15) is 0 Å². The quantitative estimate of drug-likeness (QED) is 0.769. The van der Waals surface area contributed by atoms with Crippen LogP contribution in [-0.4, -0.2) is 16.7 Å². The lowest BCUT2D eigenvalue weighted by Gasteiger charge is -2.01. The molecule has 0 bridgehead atoms. The first-order valence-corrected chi connectivity index (χ1v) is 6.37. The maximum absolute atomic E-state index is 13.2. The first kappa shape index (κ1) is 10.1. The van der Waals surface area contributed by atoms with Gasteiger partial charge < -0.3 is 0 Å². The van der Waals surface area contributed by atoms with E-state index in [0.29, 0.717) is 5.75 Å². The van der Waals surface area contributed by atoms with Crippen molar-refractivity contribution < 1.29 is 4.39 Å². The second kappa shape index (κ2) is 4.84. The molecular formula is C10H10FNS2. The first-order chi connectivity index (χ1) is 6.86. The van der Waals surface area contributed by atoms with Crippen LogP contribution in [0.1, 0.15) is 5.56 Å². The molecule has 0 unspecified atom stereocenters. The maximum atomic E-state index is 13.2. The summed E-state index contributed by atoms with van der Waals surface area (Å²) in [7, 11) is 0. The molecule has 1 heterocycles. The summed E-state index contributed by atoms with van der Waals surface area (Å²) in [5, 5.41) is 0. The van der Waals surface area contributed by atoms with Crippen LogP contribution in [0.25, 0.3) is 0 Å². The van der Waals surface area contributed by atoms with Gasteiger partial charge in [0.05, 0.1) is 6.54 Å². The van der Waals surface area contributed by atoms with Crippen LogP contribution >= 0.6 is 23.5 Å². The molecule has 0 saturated heterocycles. The van der Waals surface area contributed by atoms with Gasteiger partial charge in [-0.25, -0.2) is 4.39 Å². The minimum absolute atomic E-state index is 0.122. The molecule has 14 heavy (non-hydrogen) atoms. The highest BCUT2D eigenvalue weighted by atomic mass is 32.2. The molecule has 1 aromatic carbocycles. The van der Waals surface area contributed by atoms with Crippen LogP contribution in [-0.2, 0) is 5.75 Å². The monoisotopic (exact) mass is 227 g/mol. The van der Waals surface area contributed by atoms with E-state index in [2.05, 4.69) is 4.99 Å². The number of thioether (sulfide) groups is 2. The third-order valence-corrected chi connectivity index (χ3v) is 4.17. The summed E-state index contributed by atoms with van der Waals surface area (Å²) in [6.45, 7) is 0.907. The van der Waals surface area contributed by atoms with Crippen molar-refractivity contribution in [1.82, 2.24) is 0 Å². The number of hydrogen-bond donors (Lipinski definition) is 0. The van der Waals surface area contributed by atoms with Crippen LogP contribution in [0, 0.1) is 5.82 Å². The topological polar surface area (TPSA) is 12.4 Å². The normalized spacial score (nSPS) is 15.6. The maximum Gasteiger partial charge on any atom is 0.127 e. The summed E-state index contributed by atoms with van der Waals surface area (Å²) < 4.78 is 14.3. The van der Waals surface area contributed by atoms with Gasteiger partial charge in [-0.15, -0.1) is 0 Å². The molecule has 1 aromatic rings. The molecule has 2 rings (SSSR count). The van der Waals surface area contributed by atoms with Crippen LogP contribution in [0.4, 0.5) is 4.39 Å². The number of benzene rings is 1. The fourth-order valence-electron chi connectivity index (χ4n) is 1.16. The summed E-state index contributed by atoms with van der Waals surface area (Å²) in [4.78, 5) is 4.30. The zero-order valence-electron chi connectivity index (χ0n) is 7.57. The molecule has 1 nitrogen and oxygen atoms in total. The highest BCUT2D eigenvalue weighted by Crippen LogP contribution is 2.25.